The summed E-state index contributed by atoms with van der Waals surface area (Å²) < 4.78 is 6.97. The van der Waals surface area contributed by atoms with Crippen molar-refractivity contribution in [1.29, 1.82) is 0 Å². The van der Waals surface area contributed by atoms with E-state index in [0.29, 0.717) is 28.5 Å². The Kier molecular flexibility index (Phi) is 4.97. The third-order valence-corrected chi connectivity index (χ3v) is 5.58. The van der Waals surface area contributed by atoms with E-state index in [9.17, 15) is 14.4 Å². The molecule has 1 fully saturated rings. The van der Waals surface area contributed by atoms with E-state index in [1.807, 2.05) is 11.8 Å². The summed E-state index contributed by atoms with van der Waals surface area (Å²) in [4.78, 5) is 50.2. The van der Waals surface area contributed by atoms with Gasteiger partial charge in [-0.3, -0.25) is 9.59 Å². The van der Waals surface area contributed by atoms with Gasteiger partial charge in [0.2, 0.25) is 0 Å². The minimum atomic E-state index is -0.859. The molecule has 166 valence electrons. The highest BCUT2D eigenvalue weighted by Gasteiger charge is 2.43. The molecule has 0 bridgehead atoms. The number of carbonyl (C=O) groups excluding carboxylic acids is 3. The summed E-state index contributed by atoms with van der Waals surface area (Å²) in [6, 6.07) is 8.37. The molecule has 3 aromatic rings. The molecular weight excluding hydrogens is 424 g/mol. The number of nitrogens with two attached hydrogens (primary N) is 1. The Balaban J connectivity index is 1.54. The fourth-order valence-corrected chi connectivity index (χ4v) is 3.86. The van der Waals surface area contributed by atoms with Crippen molar-refractivity contribution in [2.75, 3.05) is 9.80 Å². The summed E-state index contributed by atoms with van der Waals surface area (Å²) in [5.74, 6) is -0.176. The number of fused-ring (bicyclic) bond motifs is 2. The molecule has 0 aromatic carbocycles. The van der Waals surface area contributed by atoms with Gasteiger partial charge in [0.15, 0.2) is 18.2 Å². The topological polar surface area (TPSA) is 123 Å². The normalized spacial score (nSPS) is 14.9. The number of pyridine rings is 3. The van der Waals surface area contributed by atoms with Gasteiger partial charge in [-0.1, -0.05) is 0 Å². The van der Waals surface area contributed by atoms with Crippen molar-refractivity contribution < 1.29 is 23.7 Å². The molecule has 33 heavy (non-hydrogen) atoms. The molecular formula is C23H21N6O4+. The van der Waals surface area contributed by atoms with Gasteiger partial charge >= 0.3 is 6.09 Å². The maximum Gasteiger partial charge on any atom is 0.426 e. The number of rotatable bonds is 4. The molecule has 1 saturated carbocycles. The number of aromatic nitrogens is 3. The number of carbonyl (C=O) groups is 3. The molecule has 3 aromatic heterocycles. The van der Waals surface area contributed by atoms with Crippen LogP contribution < -0.4 is 20.1 Å². The number of imide groups is 1. The van der Waals surface area contributed by atoms with Crippen LogP contribution in [0.25, 0.3) is 0 Å². The second kappa shape index (κ2) is 7.97. The predicted octanol–water partition coefficient (Wildman–Crippen LogP) is 2.23. The van der Waals surface area contributed by atoms with E-state index in [4.69, 9.17) is 10.5 Å². The van der Waals surface area contributed by atoms with Crippen LogP contribution in [0.15, 0.2) is 55.1 Å². The van der Waals surface area contributed by atoms with Crippen LogP contribution in [0, 0.1) is 6.92 Å². The third-order valence-electron chi connectivity index (χ3n) is 5.58. The third kappa shape index (κ3) is 3.65. The predicted molar refractivity (Wildman–Crippen MR) is 117 cm³/mol. The van der Waals surface area contributed by atoms with Crippen LogP contribution >= 0.6 is 0 Å². The minimum absolute atomic E-state index is 0.155. The Morgan fingerprint density at radius 3 is 2.70 bits per heavy atom. The molecule has 2 N–H and O–H groups in total. The summed E-state index contributed by atoms with van der Waals surface area (Å²) in [5.41, 5.74) is 6.95. The average molecular weight is 445 g/mol. The van der Waals surface area contributed by atoms with Crippen molar-refractivity contribution in [3.8, 4) is 0 Å². The smallest absolute Gasteiger partial charge is 0.388 e. The molecule has 4 heterocycles. The number of nitrogens with zero attached hydrogens (tertiary/aromatic N) is 5. The van der Waals surface area contributed by atoms with Crippen molar-refractivity contribution in [2.45, 2.75) is 32.5 Å². The van der Waals surface area contributed by atoms with Gasteiger partial charge in [0.25, 0.3) is 18.5 Å². The summed E-state index contributed by atoms with van der Waals surface area (Å²) in [6.07, 6.45) is 7.38. The molecule has 2 aliphatic rings. The molecule has 1 aliphatic heterocycles. The second-order valence-corrected chi connectivity index (χ2v) is 7.93. The largest absolute Gasteiger partial charge is 0.426 e. The van der Waals surface area contributed by atoms with E-state index in [1.165, 1.54) is 10.8 Å². The SMILES string of the molecule is Cc1ccnc2c1N(C(=O)OC[n+]1cccc(C(N)=O)c1)C(=O)c1cccnc1N2C1CC1. The van der Waals surface area contributed by atoms with E-state index in [-0.39, 0.29) is 18.3 Å². The Morgan fingerprint density at radius 2 is 1.94 bits per heavy atom. The van der Waals surface area contributed by atoms with Gasteiger partial charge in [-0.05, 0) is 49.6 Å². The molecule has 1 aliphatic carbocycles. The van der Waals surface area contributed by atoms with E-state index in [2.05, 4.69) is 9.97 Å². The van der Waals surface area contributed by atoms with E-state index < -0.39 is 17.9 Å². The summed E-state index contributed by atoms with van der Waals surface area (Å²) in [6.45, 7) is 1.60. The number of ether oxygens (including phenoxy) is 1. The Bertz CT molecular complexity index is 1290. The monoisotopic (exact) mass is 445 g/mol. The van der Waals surface area contributed by atoms with E-state index in [0.717, 1.165) is 17.7 Å². The van der Waals surface area contributed by atoms with Gasteiger partial charge in [-0.2, -0.15) is 4.57 Å². The van der Waals surface area contributed by atoms with Gasteiger partial charge in [-0.25, -0.2) is 19.7 Å². The van der Waals surface area contributed by atoms with Gasteiger partial charge < -0.3 is 15.4 Å². The van der Waals surface area contributed by atoms with Crippen molar-refractivity contribution >= 4 is 35.2 Å². The highest BCUT2D eigenvalue weighted by atomic mass is 16.6. The van der Waals surface area contributed by atoms with Crippen LogP contribution in [0.5, 0.6) is 0 Å². The molecule has 0 radical (unpaired) electrons. The molecule has 0 spiro atoms. The molecule has 10 nitrogen and oxygen atoms in total. The van der Waals surface area contributed by atoms with Gasteiger partial charge in [0.05, 0.1) is 5.56 Å². The Hall–Kier alpha value is -4.34. The lowest BCUT2D eigenvalue weighted by Crippen LogP contribution is -2.42. The quantitative estimate of drug-likeness (QED) is 0.611. The van der Waals surface area contributed by atoms with Gasteiger partial charge in [0, 0.05) is 24.5 Å². The van der Waals surface area contributed by atoms with Crippen LogP contribution in [0.2, 0.25) is 0 Å². The maximum atomic E-state index is 13.6. The zero-order valence-electron chi connectivity index (χ0n) is 17.8. The number of primary amides is 1. The average Bonchev–Trinajstić information content (AvgIpc) is 3.65. The minimum Gasteiger partial charge on any atom is -0.388 e. The number of anilines is 3. The van der Waals surface area contributed by atoms with Crippen LogP contribution in [0.1, 0.15) is 39.1 Å². The zero-order valence-corrected chi connectivity index (χ0v) is 17.8. The van der Waals surface area contributed by atoms with Crippen molar-refractivity contribution in [3.05, 3.63) is 71.8 Å². The number of aryl methyl sites for hydroxylation is 1. The molecule has 3 amide bonds. The highest BCUT2D eigenvalue weighted by Crippen LogP contribution is 2.45. The number of hydrogen-bond donors (Lipinski definition) is 1. The van der Waals surface area contributed by atoms with Gasteiger partial charge in [-0.15, -0.1) is 0 Å². The first-order valence-electron chi connectivity index (χ1n) is 10.5. The summed E-state index contributed by atoms with van der Waals surface area (Å²) in [5, 5.41) is 0. The molecule has 0 saturated heterocycles. The van der Waals surface area contributed by atoms with Crippen molar-refractivity contribution in [1.82, 2.24) is 9.97 Å². The van der Waals surface area contributed by atoms with Crippen molar-refractivity contribution in [2.24, 2.45) is 5.73 Å². The lowest BCUT2D eigenvalue weighted by molar-refractivity contribution is -0.727. The first kappa shape index (κ1) is 20.6. The molecule has 5 rings (SSSR count). The Labute approximate surface area is 189 Å². The van der Waals surface area contributed by atoms with E-state index in [1.54, 1.807) is 48.9 Å². The van der Waals surface area contributed by atoms with Crippen LogP contribution in [-0.2, 0) is 11.5 Å². The number of hydrogen-bond acceptors (Lipinski definition) is 7. The fraction of sp³-hybridized carbons (Fsp3) is 0.217. The van der Waals surface area contributed by atoms with Crippen LogP contribution in [-0.4, -0.2) is 33.9 Å². The van der Waals surface area contributed by atoms with Crippen LogP contribution in [0.3, 0.4) is 0 Å². The summed E-state index contributed by atoms with van der Waals surface area (Å²) >= 11 is 0. The second-order valence-electron chi connectivity index (χ2n) is 7.93. The first-order valence-corrected chi connectivity index (χ1v) is 10.5. The highest BCUT2D eigenvalue weighted by molar-refractivity contribution is 6.24. The number of amides is 3. The molecule has 10 heteroatoms. The molecule has 0 unspecified atom stereocenters. The zero-order chi connectivity index (χ0) is 23.1. The van der Waals surface area contributed by atoms with E-state index >= 15 is 0 Å². The van der Waals surface area contributed by atoms with Gasteiger partial charge in [0.1, 0.15) is 17.1 Å². The first-order chi connectivity index (χ1) is 16.0. The maximum absolute atomic E-state index is 13.6. The van der Waals surface area contributed by atoms with Crippen LogP contribution in [0.4, 0.5) is 22.1 Å². The fourth-order valence-electron chi connectivity index (χ4n) is 3.86. The summed E-state index contributed by atoms with van der Waals surface area (Å²) in [7, 11) is 0. The standard InChI is InChI=1S/C23H20N6O4/c1-14-8-10-26-21-18(14)29(23(32)33-13-27-11-3-4-15(12-27)19(24)30)22(31)17-5-2-9-25-20(17)28(21)16-6-7-16/h2-5,8-12,16H,6-7,13H2,1H3,(H-,24,30)/p+1. The lowest BCUT2D eigenvalue weighted by atomic mass is 10.2. The van der Waals surface area contributed by atoms with Crippen molar-refractivity contribution in [3.63, 3.8) is 0 Å². The Morgan fingerprint density at radius 1 is 1.15 bits per heavy atom. The lowest BCUT2D eigenvalue weighted by Gasteiger charge is -2.25. The molecule has 0 atom stereocenters.